The molecule has 0 aromatic heterocycles. The van der Waals surface area contributed by atoms with Crippen molar-refractivity contribution in [2.45, 2.75) is 0 Å². The van der Waals surface area contributed by atoms with Crippen LogP contribution >= 0.6 is 11.6 Å². The van der Waals surface area contributed by atoms with Crippen LogP contribution in [0, 0.1) is 17.1 Å². The smallest absolute Gasteiger partial charge is 0.265 e. The van der Waals surface area contributed by atoms with Crippen LogP contribution in [-0.2, 0) is 9.63 Å². The van der Waals surface area contributed by atoms with Crippen molar-refractivity contribution < 1.29 is 14.0 Å². The Kier molecular flexibility index (Phi) is 5.67. The van der Waals surface area contributed by atoms with Crippen molar-refractivity contribution in [3.8, 4) is 6.07 Å². The van der Waals surface area contributed by atoms with Crippen LogP contribution in [0.15, 0.2) is 47.6 Å². The van der Waals surface area contributed by atoms with Gasteiger partial charge in [-0.1, -0.05) is 28.9 Å². The van der Waals surface area contributed by atoms with Gasteiger partial charge in [-0.25, -0.2) is 4.39 Å². The van der Waals surface area contributed by atoms with E-state index in [1.54, 1.807) is 12.1 Å². The molecule has 0 spiro atoms. The van der Waals surface area contributed by atoms with Crippen molar-refractivity contribution in [3.05, 3.63) is 64.4 Å². The van der Waals surface area contributed by atoms with Crippen molar-refractivity contribution in [2.24, 2.45) is 5.16 Å². The van der Waals surface area contributed by atoms with Crippen molar-refractivity contribution >= 4 is 29.4 Å². The fraction of sp³-hybridized carbons (Fsp3) is 0.0625. The summed E-state index contributed by atoms with van der Waals surface area (Å²) >= 11 is 5.86. The Balaban J connectivity index is 1.83. The summed E-state index contributed by atoms with van der Waals surface area (Å²) in [6, 6.07) is 12.2. The van der Waals surface area contributed by atoms with Crippen LogP contribution in [0.5, 0.6) is 0 Å². The number of carbonyl (C=O) groups excluding carboxylic acids is 1. The van der Waals surface area contributed by atoms with Crippen LogP contribution in [-0.4, -0.2) is 18.7 Å². The molecule has 2 rings (SSSR count). The topological polar surface area (TPSA) is 74.5 Å². The molecule has 0 aliphatic heterocycles. The minimum absolute atomic E-state index is 0.246. The van der Waals surface area contributed by atoms with Gasteiger partial charge in [0.1, 0.15) is 11.9 Å². The van der Waals surface area contributed by atoms with E-state index in [1.165, 1.54) is 36.5 Å². The van der Waals surface area contributed by atoms with Crippen LogP contribution in [0.2, 0.25) is 5.02 Å². The molecule has 5 nitrogen and oxygen atoms in total. The highest BCUT2D eigenvalue weighted by Crippen LogP contribution is 2.20. The molecule has 0 saturated heterocycles. The van der Waals surface area contributed by atoms with Gasteiger partial charge in [0.05, 0.1) is 16.8 Å². The van der Waals surface area contributed by atoms with Gasteiger partial charge in [-0.3, -0.25) is 4.79 Å². The lowest BCUT2D eigenvalue weighted by Gasteiger charge is -2.05. The highest BCUT2D eigenvalue weighted by Gasteiger charge is 2.05. The van der Waals surface area contributed by atoms with Crippen molar-refractivity contribution in [1.29, 1.82) is 5.26 Å². The number of anilines is 1. The van der Waals surface area contributed by atoms with Gasteiger partial charge in [-0.05, 0) is 35.9 Å². The van der Waals surface area contributed by atoms with E-state index in [1.807, 2.05) is 6.07 Å². The molecule has 1 amide bonds. The SMILES string of the molecule is N#Cc1ccc(NC(=O)CO/N=C\c2cccc(F)c2)cc1Cl. The number of benzene rings is 2. The number of nitriles is 1. The molecular weight excluding hydrogens is 321 g/mol. The maximum atomic E-state index is 12.9. The van der Waals surface area contributed by atoms with E-state index >= 15 is 0 Å². The monoisotopic (exact) mass is 331 g/mol. The molecule has 0 aliphatic rings. The van der Waals surface area contributed by atoms with E-state index in [-0.39, 0.29) is 17.4 Å². The lowest BCUT2D eigenvalue weighted by molar-refractivity contribution is -0.120. The summed E-state index contributed by atoms with van der Waals surface area (Å²) in [6.45, 7) is -0.316. The summed E-state index contributed by atoms with van der Waals surface area (Å²) < 4.78 is 12.9. The lowest BCUT2D eigenvalue weighted by atomic mass is 10.2. The molecule has 0 unspecified atom stereocenters. The Hall–Kier alpha value is -2.91. The van der Waals surface area contributed by atoms with Gasteiger partial charge in [-0.2, -0.15) is 5.26 Å². The fourth-order valence-electron chi connectivity index (χ4n) is 1.66. The molecule has 0 saturated carbocycles. The second-order valence-electron chi connectivity index (χ2n) is 4.42. The third-order valence-electron chi connectivity index (χ3n) is 2.69. The van der Waals surface area contributed by atoms with E-state index in [9.17, 15) is 9.18 Å². The Morgan fingerprint density at radius 2 is 2.22 bits per heavy atom. The molecule has 0 aliphatic carbocycles. The van der Waals surface area contributed by atoms with E-state index in [2.05, 4.69) is 10.5 Å². The van der Waals surface area contributed by atoms with E-state index in [0.717, 1.165) is 0 Å². The summed E-state index contributed by atoms with van der Waals surface area (Å²) in [5, 5.41) is 15.1. The van der Waals surface area contributed by atoms with Gasteiger partial charge in [0.2, 0.25) is 0 Å². The third kappa shape index (κ3) is 5.09. The predicted molar refractivity (Wildman–Crippen MR) is 84.7 cm³/mol. The van der Waals surface area contributed by atoms with Crippen molar-refractivity contribution in [3.63, 3.8) is 0 Å². The van der Waals surface area contributed by atoms with E-state index in [0.29, 0.717) is 16.8 Å². The summed E-state index contributed by atoms with van der Waals surface area (Å²) in [4.78, 5) is 16.5. The average Bonchev–Trinajstić information content (AvgIpc) is 2.52. The minimum atomic E-state index is -0.442. The zero-order valence-corrected chi connectivity index (χ0v) is 12.5. The Labute approximate surface area is 136 Å². The van der Waals surface area contributed by atoms with Crippen LogP contribution in [0.4, 0.5) is 10.1 Å². The molecule has 0 radical (unpaired) electrons. The molecule has 7 heteroatoms. The number of nitrogens with one attached hydrogen (secondary N) is 1. The number of oxime groups is 1. The number of carbonyl (C=O) groups is 1. The minimum Gasteiger partial charge on any atom is -0.386 e. The normalized spacial score (nSPS) is 10.3. The van der Waals surface area contributed by atoms with Gasteiger partial charge in [0, 0.05) is 5.69 Å². The number of hydrogen-bond acceptors (Lipinski definition) is 4. The average molecular weight is 332 g/mol. The molecule has 2 aromatic carbocycles. The van der Waals surface area contributed by atoms with Gasteiger partial charge < -0.3 is 10.2 Å². The van der Waals surface area contributed by atoms with Crippen LogP contribution in [0.25, 0.3) is 0 Å². The van der Waals surface area contributed by atoms with Gasteiger partial charge in [0.15, 0.2) is 6.61 Å². The van der Waals surface area contributed by atoms with E-state index < -0.39 is 5.91 Å². The second kappa shape index (κ2) is 7.92. The Morgan fingerprint density at radius 1 is 1.39 bits per heavy atom. The zero-order valence-electron chi connectivity index (χ0n) is 11.8. The van der Waals surface area contributed by atoms with Crippen LogP contribution < -0.4 is 5.32 Å². The largest absolute Gasteiger partial charge is 0.386 e. The molecule has 116 valence electrons. The zero-order chi connectivity index (χ0) is 16.7. The first-order valence-corrected chi connectivity index (χ1v) is 6.86. The molecule has 0 fully saturated rings. The second-order valence-corrected chi connectivity index (χ2v) is 4.82. The number of rotatable bonds is 5. The first kappa shape index (κ1) is 16.5. The lowest BCUT2D eigenvalue weighted by Crippen LogP contribution is -2.17. The molecule has 0 bridgehead atoms. The molecular formula is C16H11ClFN3O2. The van der Waals surface area contributed by atoms with E-state index in [4.69, 9.17) is 21.7 Å². The molecule has 2 aromatic rings. The first-order valence-electron chi connectivity index (χ1n) is 6.49. The summed E-state index contributed by atoms with van der Waals surface area (Å²) in [6.07, 6.45) is 1.30. The highest BCUT2D eigenvalue weighted by atomic mass is 35.5. The van der Waals surface area contributed by atoms with Crippen LogP contribution in [0.1, 0.15) is 11.1 Å². The number of amides is 1. The first-order chi connectivity index (χ1) is 11.1. The standard InChI is InChI=1S/C16H11ClFN3O2/c17-15-7-14(5-4-12(15)8-19)21-16(22)10-23-20-9-11-2-1-3-13(18)6-11/h1-7,9H,10H2,(H,21,22)/b20-9-. The predicted octanol–water partition coefficient (Wildman–Crippen LogP) is 3.34. The number of nitrogens with zero attached hydrogens (tertiary/aromatic N) is 2. The highest BCUT2D eigenvalue weighted by molar-refractivity contribution is 6.32. The molecule has 23 heavy (non-hydrogen) atoms. The quantitative estimate of drug-likeness (QED) is 0.674. The summed E-state index contributed by atoms with van der Waals surface area (Å²) in [5.74, 6) is -0.827. The van der Waals surface area contributed by atoms with Crippen LogP contribution in [0.3, 0.4) is 0 Å². The number of hydrogen-bond donors (Lipinski definition) is 1. The molecule has 0 atom stereocenters. The number of halogens is 2. The van der Waals surface area contributed by atoms with Gasteiger partial charge in [-0.15, -0.1) is 0 Å². The van der Waals surface area contributed by atoms with Crippen molar-refractivity contribution in [2.75, 3.05) is 11.9 Å². The Bertz CT molecular complexity index is 787. The molecule has 1 N–H and O–H groups in total. The summed E-state index contributed by atoms with van der Waals surface area (Å²) in [5.41, 5.74) is 1.28. The van der Waals surface area contributed by atoms with Crippen molar-refractivity contribution in [1.82, 2.24) is 0 Å². The Morgan fingerprint density at radius 3 is 2.91 bits per heavy atom. The molecule has 0 heterocycles. The maximum absolute atomic E-state index is 12.9. The third-order valence-corrected chi connectivity index (χ3v) is 3.01. The summed E-state index contributed by atoms with van der Waals surface area (Å²) in [7, 11) is 0. The fourth-order valence-corrected chi connectivity index (χ4v) is 1.88. The van der Waals surface area contributed by atoms with Gasteiger partial charge in [0.25, 0.3) is 5.91 Å². The maximum Gasteiger partial charge on any atom is 0.265 e. The van der Waals surface area contributed by atoms with Gasteiger partial charge >= 0.3 is 0 Å².